The zero-order valence-corrected chi connectivity index (χ0v) is 25.5. The summed E-state index contributed by atoms with van der Waals surface area (Å²) >= 11 is 6.28. The molecule has 0 atom stereocenters. The molecule has 0 unspecified atom stereocenters. The van der Waals surface area contributed by atoms with E-state index in [9.17, 15) is 4.79 Å². The van der Waals surface area contributed by atoms with E-state index in [1.54, 1.807) is 13.4 Å². The van der Waals surface area contributed by atoms with Crippen molar-refractivity contribution in [2.75, 3.05) is 51.0 Å². The molecule has 44 heavy (non-hydrogen) atoms. The molecule has 7 rings (SSSR count). The van der Waals surface area contributed by atoms with Gasteiger partial charge in [-0.1, -0.05) is 23.7 Å². The van der Waals surface area contributed by atoms with Crippen LogP contribution < -0.4 is 20.8 Å². The van der Waals surface area contributed by atoms with Crippen molar-refractivity contribution in [3.63, 3.8) is 0 Å². The maximum absolute atomic E-state index is 13.5. The summed E-state index contributed by atoms with van der Waals surface area (Å²) in [5.74, 6) is 0.799. The molecule has 3 aromatic heterocycles. The number of benzene rings is 4. The van der Waals surface area contributed by atoms with E-state index >= 15 is 0 Å². The van der Waals surface area contributed by atoms with Crippen LogP contribution in [0.15, 0.2) is 83.9 Å². The third-order valence-corrected chi connectivity index (χ3v) is 8.57. The lowest BCUT2D eigenvalue weighted by Crippen LogP contribution is -2.24. The van der Waals surface area contributed by atoms with Crippen molar-refractivity contribution in [3.05, 3.63) is 94.4 Å². The molecule has 0 aliphatic heterocycles. The average molecular weight is 605 g/mol. The van der Waals surface area contributed by atoms with Gasteiger partial charge in [0.15, 0.2) is 5.43 Å². The Hall–Kier alpha value is -4.66. The zero-order chi connectivity index (χ0) is 30.2. The van der Waals surface area contributed by atoms with Crippen LogP contribution in [0, 0.1) is 0 Å². The number of aromatic nitrogens is 3. The fourth-order valence-corrected chi connectivity index (χ4v) is 6.30. The normalized spacial score (nSPS) is 11.9. The number of nitrogens with zero attached hydrogens (tertiary/aromatic N) is 4. The minimum absolute atomic E-state index is 0.0441. The fourth-order valence-electron chi connectivity index (χ4n) is 6.14. The highest BCUT2D eigenvalue weighted by Gasteiger charge is 2.16. The van der Waals surface area contributed by atoms with Crippen molar-refractivity contribution in [2.24, 2.45) is 0 Å². The third kappa shape index (κ3) is 5.10. The van der Waals surface area contributed by atoms with Gasteiger partial charge in [0.05, 0.1) is 45.8 Å². The second kappa shape index (κ2) is 11.8. The van der Waals surface area contributed by atoms with Crippen molar-refractivity contribution >= 4 is 72.1 Å². The standard InChI is InChI=1S/C35H33ClN6O2/c1-41(18-6-16-38-33-24-11-9-22(36)19-30(24)40-27-12-10-23(44-2)20-26(27)33)17-5-15-37-28-13-14-29-34-32(28)35(43)25-7-3-4-8-31(25)42(34)21-39-29/h3-4,7-14,19-21,37H,5-6,15-18H2,1-2H3,(H,38,40). The van der Waals surface area contributed by atoms with Crippen molar-refractivity contribution in [3.8, 4) is 5.75 Å². The second-order valence-corrected chi connectivity index (χ2v) is 11.6. The predicted molar refractivity (Wildman–Crippen MR) is 182 cm³/mol. The van der Waals surface area contributed by atoms with E-state index in [4.69, 9.17) is 21.3 Å². The molecule has 7 aromatic rings. The minimum atomic E-state index is 0.0441. The summed E-state index contributed by atoms with van der Waals surface area (Å²) in [5, 5.41) is 11.4. The Bertz CT molecular complexity index is 2200. The van der Waals surface area contributed by atoms with Gasteiger partial charge in [0.2, 0.25) is 0 Å². The Kier molecular flexibility index (Phi) is 7.54. The average Bonchev–Trinajstić information content (AvgIpc) is 3.48. The molecule has 3 heterocycles. The summed E-state index contributed by atoms with van der Waals surface area (Å²) in [5.41, 5.74) is 6.31. The van der Waals surface area contributed by atoms with Crippen LogP contribution in [0.3, 0.4) is 0 Å². The number of ether oxygens (including phenoxy) is 1. The first-order chi connectivity index (χ1) is 21.5. The number of para-hydroxylation sites is 1. The SMILES string of the molecule is COc1ccc2nc3cc(Cl)ccc3c(NCCCN(C)CCCNc3ccc4ncn5c6ccccc6c(=O)c3c45)c2c1. The Labute approximate surface area is 259 Å². The number of hydrogen-bond donors (Lipinski definition) is 2. The Morgan fingerprint density at radius 2 is 1.66 bits per heavy atom. The molecular weight excluding hydrogens is 572 g/mol. The molecule has 0 saturated heterocycles. The van der Waals surface area contributed by atoms with Gasteiger partial charge in [-0.25, -0.2) is 9.97 Å². The van der Waals surface area contributed by atoms with Crippen LogP contribution in [-0.4, -0.2) is 59.6 Å². The van der Waals surface area contributed by atoms with Crippen LogP contribution in [0.25, 0.3) is 49.1 Å². The first-order valence-electron chi connectivity index (χ1n) is 14.9. The van der Waals surface area contributed by atoms with Crippen molar-refractivity contribution < 1.29 is 4.74 Å². The van der Waals surface area contributed by atoms with Crippen LogP contribution in [0.2, 0.25) is 5.02 Å². The highest BCUT2D eigenvalue weighted by molar-refractivity contribution is 6.31. The Balaban J connectivity index is 0.975. The lowest BCUT2D eigenvalue weighted by Gasteiger charge is -2.18. The first kappa shape index (κ1) is 28.1. The van der Waals surface area contributed by atoms with Gasteiger partial charge < -0.3 is 20.3 Å². The third-order valence-electron chi connectivity index (χ3n) is 8.34. The van der Waals surface area contributed by atoms with Gasteiger partial charge in [-0.15, -0.1) is 0 Å². The number of rotatable bonds is 11. The summed E-state index contributed by atoms with van der Waals surface area (Å²) < 4.78 is 7.51. The molecular formula is C35H33ClN6O2. The molecule has 0 radical (unpaired) electrons. The molecule has 0 aliphatic rings. The second-order valence-electron chi connectivity index (χ2n) is 11.2. The summed E-state index contributed by atoms with van der Waals surface area (Å²) in [7, 11) is 3.83. The maximum atomic E-state index is 13.5. The number of nitrogens with one attached hydrogen (secondary N) is 2. The van der Waals surface area contributed by atoms with E-state index in [1.165, 1.54) is 0 Å². The zero-order valence-electron chi connectivity index (χ0n) is 24.7. The van der Waals surface area contributed by atoms with Gasteiger partial charge in [0, 0.05) is 40.0 Å². The summed E-state index contributed by atoms with van der Waals surface area (Å²) in [6.07, 6.45) is 3.73. The van der Waals surface area contributed by atoms with E-state index in [2.05, 4.69) is 27.6 Å². The highest BCUT2D eigenvalue weighted by atomic mass is 35.5. The van der Waals surface area contributed by atoms with Crippen LogP contribution in [0.1, 0.15) is 12.8 Å². The highest BCUT2D eigenvalue weighted by Crippen LogP contribution is 2.34. The van der Waals surface area contributed by atoms with E-state index < -0.39 is 0 Å². The number of anilines is 2. The number of pyridine rings is 2. The van der Waals surface area contributed by atoms with Gasteiger partial charge in [-0.3, -0.25) is 9.20 Å². The van der Waals surface area contributed by atoms with Crippen LogP contribution in [0.4, 0.5) is 11.4 Å². The van der Waals surface area contributed by atoms with E-state index in [0.29, 0.717) is 15.8 Å². The summed E-state index contributed by atoms with van der Waals surface area (Å²) in [6, 6.07) is 23.5. The molecule has 222 valence electrons. The molecule has 0 spiro atoms. The van der Waals surface area contributed by atoms with E-state index in [1.807, 2.05) is 77.2 Å². The topological polar surface area (TPSA) is 83.8 Å². The molecule has 0 bridgehead atoms. The molecule has 2 N–H and O–H groups in total. The van der Waals surface area contributed by atoms with Crippen molar-refractivity contribution in [1.29, 1.82) is 0 Å². The van der Waals surface area contributed by atoms with Crippen LogP contribution in [-0.2, 0) is 0 Å². The minimum Gasteiger partial charge on any atom is -0.497 e. The number of methoxy groups -OCH3 is 1. The lowest BCUT2D eigenvalue weighted by molar-refractivity contribution is 0.331. The largest absolute Gasteiger partial charge is 0.497 e. The monoisotopic (exact) mass is 604 g/mol. The lowest BCUT2D eigenvalue weighted by atomic mass is 10.1. The molecule has 8 nitrogen and oxygen atoms in total. The van der Waals surface area contributed by atoms with Crippen molar-refractivity contribution in [2.45, 2.75) is 12.8 Å². The molecule has 0 amide bonds. The Morgan fingerprint density at radius 3 is 2.50 bits per heavy atom. The fraction of sp³-hybridized carbons (Fsp3) is 0.229. The quantitative estimate of drug-likeness (QED) is 0.121. The van der Waals surface area contributed by atoms with Gasteiger partial charge in [0.25, 0.3) is 0 Å². The van der Waals surface area contributed by atoms with E-state index in [-0.39, 0.29) is 5.43 Å². The first-order valence-corrected chi connectivity index (χ1v) is 15.3. The number of fused-ring (bicyclic) bond motifs is 4. The van der Waals surface area contributed by atoms with Crippen LogP contribution in [0.5, 0.6) is 5.75 Å². The van der Waals surface area contributed by atoms with E-state index in [0.717, 1.165) is 94.5 Å². The van der Waals surface area contributed by atoms with Gasteiger partial charge in [-0.05, 0) is 93.6 Å². The molecule has 0 fully saturated rings. The summed E-state index contributed by atoms with van der Waals surface area (Å²) in [6.45, 7) is 3.48. The van der Waals surface area contributed by atoms with Gasteiger partial charge >= 0.3 is 0 Å². The molecule has 9 heteroatoms. The van der Waals surface area contributed by atoms with Crippen molar-refractivity contribution in [1.82, 2.24) is 19.3 Å². The smallest absolute Gasteiger partial charge is 0.199 e. The number of hydrogen-bond acceptors (Lipinski definition) is 7. The number of imidazole rings is 1. The predicted octanol–water partition coefficient (Wildman–Crippen LogP) is 7.04. The van der Waals surface area contributed by atoms with Gasteiger partial charge in [0.1, 0.15) is 12.1 Å². The van der Waals surface area contributed by atoms with Crippen LogP contribution >= 0.6 is 11.6 Å². The summed E-state index contributed by atoms with van der Waals surface area (Å²) in [4.78, 5) is 25.2. The molecule has 0 saturated carbocycles. The maximum Gasteiger partial charge on any atom is 0.199 e. The Morgan fingerprint density at radius 1 is 0.864 bits per heavy atom. The molecule has 0 aliphatic carbocycles. The number of halogens is 1. The molecule has 4 aromatic carbocycles. The van der Waals surface area contributed by atoms with Gasteiger partial charge in [-0.2, -0.15) is 0 Å².